The number of rotatable bonds is 6. The van der Waals surface area contributed by atoms with Gasteiger partial charge < -0.3 is 0 Å². The maximum Gasteiger partial charge on any atom is -0.00228 e. The molecular weight excluding hydrogens is 1320 g/mol. The number of aryl methyl sites for hydroxylation is 3. The van der Waals surface area contributed by atoms with Gasteiger partial charge in [0.05, 0.1) is 0 Å². The van der Waals surface area contributed by atoms with E-state index in [1.54, 1.807) is 0 Å². The summed E-state index contributed by atoms with van der Waals surface area (Å²) in [4.78, 5) is 0. The van der Waals surface area contributed by atoms with E-state index < -0.39 is 0 Å². The Morgan fingerprint density at radius 2 is 0.391 bits per heavy atom. The van der Waals surface area contributed by atoms with Crippen molar-refractivity contribution in [3.8, 4) is 0 Å². The molecule has 110 heavy (non-hydrogen) atoms. The Morgan fingerprint density at radius 1 is 0.173 bits per heavy atom. The van der Waals surface area contributed by atoms with Crippen LogP contribution in [0.1, 0.15) is 379 Å². The number of hydrogen-bond acceptors (Lipinski definition) is 0. The minimum Gasteiger partial charge on any atom is -0.0776 e. The fourth-order valence-electron chi connectivity index (χ4n) is 13.2. The lowest BCUT2D eigenvalue weighted by Gasteiger charge is -2.28. The van der Waals surface area contributed by atoms with E-state index in [0.29, 0.717) is 5.41 Å². The van der Waals surface area contributed by atoms with Crippen LogP contribution in [-0.2, 0) is 84.2 Å². The second-order valence-electron chi connectivity index (χ2n) is 44.2. The van der Waals surface area contributed by atoms with Crippen molar-refractivity contribution in [1.82, 2.24) is 0 Å². The highest BCUT2D eigenvalue weighted by molar-refractivity contribution is 5.47. The summed E-state index contributed by atoms with van der Waals surface area (Å²) in [5, 5.41) is 0. The third kappa shape index (κ3) is 31.2. The lowest BCUT2D eigenvalue weighted by atomic mass is 9.77. The first-order valence-corrected chi connectivity index (χ1v) is 41.2. The van der Waals surface area contributed by atoms with E-state index in [2.05, 4.69) is 471 Å². The van der Waals surface area contributed by atoms with Crippen LogP contribution in [0.2, 0.25) is 0 Å². The molecule has 9 aromatic rings. The molecule has 0 radical (unpaired) electrons. The maximum atomic E-state index is 2.43. The van der Waals surface area contributed by atoms with Crippen LogP contribution in [0.25, 0.3) is 0 Å². The van der Waals surface area contributed by atoms with E-state index in [0.717, 1.165) is 19.3 Å². The molecule has 0 saturated heterocycles. The third-order valence-corrected chi connectivity index (χ3v) is 21.4. The van der Waals surface area contributed by atoms with E-state index in [-0.39, 0.29) is 67.0 Å². The zero-order valence-corrected chi connectivity index (χ0v) is 77.6. The van der Waals surface area contributed by atoms with Crippen LogP contribution in [0.5, 0.6) is 0 Å². The molecular formula is C110H162. The standard InChI is InChI=1S/2C25H36.C21H28.C16H26.C12H18.C10H14.CH4/c2*1-23(2,3)20-13-10-18(11-14-20)16-19-12-15-21(24(4,5)6)17-22(19)25(7,8)9;1-20(2,3)18-11-7-16(8-12-18)15-17-9-13-19(14-10-17)21(4,5)6;1-11-9-13(15(3,4)5)10-14(12(11)2)16(6,7)8;1-9-6-7-11(8-10(9)2)12(3,4)5;1-10(2,3)9-7-5-4-6-8-9;/h2*10-15,17H,16H2,1-9H3;7-14H,15H2,1-6H3;9-10H,1-8H3;6-8H,1-5H3;4-8H,1-3H3;1H4. The highest BCUT2D eigenvalue weighted by Crippen LogP contribution is 2.38. The first-order chi connectivity index (χ1) is 49.3. The van der Waals surface area contributed by atoms with E-state index >= 15 is 0 Å². The smallest absolute Gasteiger partial charge is 0.00228 e. The Balaban J connectivity index is 0.000000350. The Morgan fingerprint density at radius 3 is 0.636 bits per heavy atom. The molecule has 0 aliphatic heterocycles. The molecule has 0 heteroatoms. The van der Waals surface area contributed by atoms with Gasteiger partial charge in [-0.1, -0.05) is 451 Å². The monoisotopic (exact) mass is 1480 g/mol. The van der Waals surface area contributed by atoms with Crippen LogP contribution in [0, 0.1) is 27.7 Å². The zero-order valence-electron chi connectivity index (χ0n) is 77.6. The molecule has 0 heterocycles. The molecule has 0 N–H and O–H groups in total. The van der Waals surface area contributed by atoms with Gasteiger partial charge in [-0.05, 0) is 234 Å². The van der Waals surface area contributed by atoms with Gasteiger partial charge in [0.2, 0.25) is 0 Å². The van der Waals surface area contributed by atoms with Crippen molar-refractivity contribution in [1.29, 1.82) is 0 Å². The summed E-state index contributed by atoms with van der Waals surface area (Å²) >= 11 is 0. The fraction of sp³-hybridized carbons (Fsp3) is 0.509. The van der Waals surface area contributed by atoms with Crippen molar-refractivity contribution < 1.29 is 0 Å². The molecule has 602 valence electrons. The molecule has 0 spiro atoms. The minimum absolute atomic E-state index is 0. The quantitative estimate of drug-likeness (QED) is 0.156. The molecule has 0 aliphatic carbocycles. The number of hydrogen-bond donors (Lipinski definition) is 0. The predicted molar refractivity (Wildman–Crippen MR) is 496 cm³/mol. The molecule has 0 unspecified atom stereocenters. The molecule has 0 aromatic heterocycles. The van der Waals surface area contributed by atoms with E-state index in [4.69, 9.17) is 0 Å². The van der Waals surface area contributed by atoms with Gasteiger partial charge in [0.25, 0.3) is 0 Å². The van der Waals surface area contributed by atoms with E-state index in [1.807, 2.05) is 0 Å². The van der Waals surface area contributed by atoms with Crippen LogP contribution < -0.4 is 0 Å². The normalized spacial score (nSPS) is 12.6. The molecule has 9 aromatic carbocycles. The van der Waals surface area contributed by atoms with Crippen LogP contribution >= 0.6 is 0 Å². The lowest BCUT2D eigenvalue weighted by molar-refractivity contribution is 0.564. The minimum atomic E-state index is 0. The van der Waals surface area contributed by atoms with Gasteiger partial charge in [0.15, 0.2) is 0 Å². The summed E-state index contributed by atoms with van der Waals surface area (Å²) < 4.78 is 0. The summed E-state index contributed by atoms with van der Waals surface area (Å²) in [5.41, 5.74) is 33.8. The molecule has 0 amide bonds. The molecule has 0 nitrogen and oxygen atoms in total. The van der Waals surface area contributed by atoms with Gasteiger partial charge in [-0.3, -0.25) is 0 Å². The first-order valence-electron chi connectivity index (χ1n) is 41.2. The molecule has 0 aliphatic rings. The van der Waals surface area contributed by atoms with Crippen LogP contribution in [-0.4, -0.2) is 0 Å². The van der Waals surface area contributed by atoms with Gasteiger partial charge in [-0.25, -0.2) is 0 Å². The van der Waals surface area contributed by atoms with Gasteiger partial charge in [0, 0.05) is 0 Å². The predicted octanol–water partition coefficient (Wildman–Crippen LogP) is 32.3. The SMILES string of the molecule is C.CC(C)(C)c1ccc(Cc2ccc(C(C)(C)C)cc2)cc1.CC(C)(C)c1ccc(Cc2ccc(C(C)(C)C)cc2C(C)(C)C)cc1.CC(C)(C)c1ccc(Cc2ccc(C(C)(C)C)cc2C(C)(C)C)cc1.CC(C)(C)c1ccccc1.Cc1cc(C(C)(C)C)cc(C(C)(C)C)c1C.Cc1ccc(C(C)(C)C)cc1C. The third-order valence-electron chi connectivity index (χ3n) is 21.4. The van der Waals surface area contributed by atoms with Gasteiger partial charge in [-0.2, -0.15) is 0 Å². The summed E-state index contributed by atoms with van der Waals surface area (Å²) in [6.45, 7) is 90.7. The highest BCUT2D eigenvalue weighted by atomic mass is 14.3. The van der Waals surface area contributed by atoms with Crippen molar-refractivity contribution in [2.75, 3.05) is 0 Å². The van der Waals surface area contributed by atoms with Crippen molar-refractivity contribution >= 4 is 0 Å². The second kappa shape index (κ2) is 37.7. The second-order valence-corrected chi connectivity index (χ2v) is 44.2. The maximum absolute atomic E-state index is 2.43. The van der Waals surface area contributed by atoms with E-state index in [9.17, 15) is 0 Å². The first kappa shape index (κ1) is 97.2. The Labute approximate surface area is 680 Å². The number of benzene rings is 9. The van der Waals surface area contributed by atoms with Crippen LogP contribution in [0.3, 0.4) is 0 Å². The Bertz CT molecular complexity index is 4070. The lowest BCUT2D eigenvalue weighted by Crippen LogP contribution is -2.18. The molecule has 9 rings (SSSR count). The highest BCUT2D eigenvalue weighted by Gasteiger charge is 2.27. The molecule has 0 bridgehead atoms. The van der Waals surface area contributed by atoms with E-state index in [1.165, 1.54) is 122 Å². The average Bonchev–Trinajstić information content (AvgIpc) is 0.800. The summed E-state index contributed by atoms with van der Waals surface area (Å²) in [6, 6.07) is 72.6. The van der Waals surface area contributed by atoms with Crippen LogP contribution in [0.15, 0.2) is 194 Å². The summed E-state index contributed by atoms with van der Waals surface area (Å²) in [7, 11) is 0. The summed E-state index contributed by atoms with van der Waals surface area (Å²) in [5.74, 6) is 0. The van der Waals surface area contributed by atoms with Crippen molar-refractivity contribution in [2.45, 2.75) is 369 Å². The molecule has 0 atom stereocenters. The van der Waals surface area contributed by atoms with Crippen molar-refractivity contribution in [3.63, 3.8) is 0 Å². The van der Waals surface area contributed by atoms with Crippen molar-refractivity contribution in [3.05, 3.63) is 317 Å². The zero-order chi connectivity index (χ0) is 83.5. The Hall–Kier alpha value is -7.02. The van der Waals surface area contributed by atoms with Crippen molar-refractivity contribution in [2.24, 2.45) is 0 Å². The van der Waals surface area contributed by atoms with Crippen LogP contribution in [0.4, 0.5) is 0 Å². The topological polar surface area (TPSA) is 0 Å². The van der Waals surface area contributed by atoms with Gasteiger partial charge in [-0.15, -0.1) is 0 Å². The largest absolute Gasteiger partial charge is 0.0776 e. The van der Waals surface area contributed by atoms with Gasteiger partial charge >= 0.3 is 0 Å². The average molecular weight is 1480 g/mol. The fourth-order valence-corrected chi connectivity index (χ4v) is 13.2. The summed E-state index contributed by atoms with van der Waals surface area (Å²) in [6.07, 6.45) is 3.01. The Kier molecular flexibility index (Phi) is 33.3. The molecule has 0 saturated carbocycles. The molecule has 0 fully saturated rings. The van der Waals surface area contributed by atoms with Gasteiger partial charge in [0.1, 0.15) is 0 Å².